The molecule has 0 saturated heterocycles. The van der Waals surface area contributed by atoms with Crippen molar-refractivity contribution in [3.8, 4) is 0 Å². The third-order valence-electron chi connectivity index (χ3n) is 2.11. The van der Waals surface area contributed by atoms with Gasteiger partial charge in [0.1, 0.15) is 0 Å². The molecule has 54 valence electrons. The summed E-state index contributed by atoms with van der Waals surface area (Å²) in [5.41, 5.74) is 0. The van der Waals surface area contributed by atoms with Gasteiger partial charge in [0.15, 0.2) is 0 Å². The van der Waals surface area contributed by atoms with Crippen LogP contribution in [0.5, 0.6) is 0 Å². The van der Waals surface area contributed by atoms with Crippen molar-refractivity contribution in [1.82, 2.24) is 0 Å². The first-order chi connectivity index (χ1) is 4.27. The molecular weight excluding hydrogens is 136 g/mol. The van der Waals surface area contributed by atoms with Crippen molar-refractivity contribution in [1.29, 1.82) is 0 Å². The molecule has 1 aliphatic rings. The van der Waals surface area contributed by atoms with Crippen LogP contribution in [-0.4, -0.2) is 18.6 Å². The van der Waals surface area contributed by atoms with E-state index >= 15 is 0 Å². The molecule has 0 aliphatic heterocycles. The lowest BCUT2D eigenvalue weighted by Gasteiger charge is -1.96. The maximum absolute atomic E-state index is 5.44. The number of ether oxygens (including phenoxy) is 1. The highest BCUT2D eigenvalue weighted by Gasteiger charge is 2.43. The molecule has 0 aromatic rings. The van der Waals surface area contributed by atoms with E-state index in [1.54, 1.807) is 0 Å². The second kappa shape index (κ2) is 2.89. The Morgan fingerprint density at radius 3 is 2.22 bits per heavy atom. The highest BCUT2D eigenvalue weighted by atomic mass is 35.5. The van der Waals surface area contributed by atoms with Gasteiger partial charge in [-0.1, -0.05) is 13.8 Å². The van der Waals surface area contributed by atoms with Crippen LogP contribution in [0.3, 0.4) is 0 Å². The fourth-order valence-corrected chi connectivity index (χ4v) is 1.19. The van der Waals surface area contributed by atoms with Crippen molar-refractivity contribution in [3.05, 3.63) is 0 Å². The first kappa shape index (κ1) is 7.36. The fourth-order valence-electron chi connectivity index (χ4n) is 1.10. The summed E-state index contributed by atoms with van der Waals surface area (Å²) in [7, 11) is 0. The normalized spacial score (nSPS) is 41.0. The highest BCUT2D eigenvalue weighted by molar-refractivity contribution is 6.17. The fraction of sp³-hybridized carbons (Fsp3) is 1.00. The van der Waals surface area contributed by atoms with Crippen LogP contribution >= 0.6 is 11.6 Å². The van der Waals surface area contributed by atoms with Crippen LogP contribution in [0.15, 0.2) is 0 Å². The minimum atomic E-state index is 0.503. The van der Waals surface area contributed by atoms with E-state index in [9.17, 15) is 0 Å². The van der Waals surface area contributed by atoms with Crippen molar-refractivity contribution in [2.45, 2.75) is 20.0 Å². The summed E-state index contributed by atoms with van der Waals surface area (Å²) >= 11 is 5.44. The molecule has 0 amide bonds. The number of rotatable bonds is 3. The molecule has 0 spiro atoms. The van der Waals surface area contributed by atoms with Crippen LogP contribution in [-0.2, 0) is 4.74 Å². The number of alkyl halides is 1. The summed E-state index contributed by atoms with van der Waals surface area (Å²) in [6, 6.07) is 0. The van der Waals surface area contributed by atoms with E-state index in [4.69, 9.17) is 16.3 Å². The van der Waals surface area contributed by atoms with Gasteiger partial charge in [-0.3, -0.25) is 0 Å². The minimum absolute atomic E-state index is 0.503. The number of hydrogen-bond donors (Lipinski definition) is 0. The van der Waals surface area contributed by atoms with Gasteiger partial charge in [-0.2, -0.15) is 0 Å². The molecule has 1 nitrogen and oxygen atoms in total. The van der Waals surface area contributed by atoms with Gasteiger partial charge < -0.3 is 4.74 Å². The minimum Gasteiger partial charge on any atom is -0.376 e. The SMILES string of the molecule is CC1C(C)C1OCCCl. The van der Waals surface area contributed by atoms with Gasteiger partial charge in [-0.05, 0) is 11.8 Å². The van der Waals surface area contributed by atoms with Crippen molar-refractivity contribution < 1.29 is 4.74 Å². The summed E-state index contributed by atoms with van der Waals surface area (Å²) in [4.78, 5) is 0. The van der Waals surface area contributed by atoms with Crippen LogP contribution < -0.4 is 0 Å². The Hall–Kier alpha value is 0.250. The van der Waals surface area contributed by atoms with Crippen molar-refractivity contribution in [2.75, 3.05) is 12.5 Å². The molecule has 1 rings (SSSR count). The average Bonchev–Trinajstić information content (AvgIpc) is 2.39. The molecule has 0 aromatic heterocycles. The molecule has 2 heteroatoms. The molecule has 0 heterocycles. The van der Waals surface area contributed by atoms with Crippen molar-refractivity contribution in [2.24, 2.45) is 11.8 Å². The second-order valence-corrected chi connectivity index (χ2v) is 3.12. The lowest BCUT2D eigenvalue weighted by atomic mass is 10.4. The van der Waals surface area contributed by atoms with E-state index in [1.165, 1.54) is 0 Å². The Morgan fingerprint density at radius 1 is 1.33 bits per heavy atom. The van der Waals surface area contributed by atoms with Crippen LogP contribution in [0.1, 0.15) is 13.8 Å². The van der Waals surface area contributed by atoms with Crippen molar-refractivity contribution in [3.63, 3.8) is 0 Å². The molecular formula is C7H13ClO. The molecule has 1 fully saturated rings. The zero-order valence-corrected chi connectivity index (χ0v) is 6.69. The average molecular weight is 149 g/mol. The summed E-state index contributed by atoms with van der Waals surface area (Å²) in [5.74, 6) is 2.14. The molecule has 9 heavy (non-hydrogen) atoms. The van der Waals surface area contributed by atoms with Crippen LogP contribution in [0.2, 0.25) is 0 Å². The predicted octanol–water partition coefficient (Wildman–Crippen LogP) is 1.90. The monoisotopic (exact) mass is 148 g/mol. The maximum Gasteiger partial charge on any atom is 0.0633 e. The van der Waals surface area contributed by atoms with Gasteiger partial charge in [0.25, 0.3) is 0 Å². The summed E-state index contributed by atoms with van der Waals surface area (Å²) in [5, 5.41) is 0. The molecule has 1 saturated carbocycles. The zero-order valence-electron chi connectivity index (χ0n) is 5.93. The van der Waals surface area contributed by atoms with Gasteiger partial charge in [-0.15, -0.1) is 11.6 Å². The van der Waals surface area contributed by atoms with Gasteiger partial charge in [0, 0.05) is 5.88 Å². The second-order valence-electron chi connectivity index (χ2n) is 2.74. The van der Waals surface area contributed by atoms with E-state index in [0.29, 0.717) is 18.6 Å². The molecule has 0 bridgehead atoms. The Morgan fingerprint density at radius 2 is 1.89 bits per heavy atom. The smallest absolute Gasteiger partial charge is 0.0633 e. The lowest BCUT2D eigenvalue weighted by Crippen LogP contribution is -1.99. The van der Waals surface area contributed by atoms with E-state index in [-0.39, 0.29) is 0 Å². The molecule has 1 aliphatic carbocycles. The molecule has 0 radical (unpaired) electrons. The predicted molar refractivity (Wildman–Crippen MR) is 38.8 cm³/mol. The Balaban J connectivity index is 2.04. The Kier molecular flexibility index (Phi) is 2.36. The van der Waals surface area contributed by atoms with Gasteiger partial charge in [0.05, 0.1) is 12.7 Å². The molecule has 2 atom stereocenters. The molecule has 0 aromatic carbocycles. The topological polar surface area (TPSA) is 9.23 Å². The summed E-state index contributed by atoms with van der Waals surface area (Å²) in [6.45, 7) is 5.13. The third-order valence-corrected chi connectivity index (χ3v) is 2.27. The molecule has 2 unspecified atom stereocenters. The van der Waals surface area contributed by atoms with Gasteiger partial charge in [-0.25, -0.2) is 0 Å². The van der Waals surface area contributed by atoms with Gasteiger partial charge >= 0.3 is 0 Å². The van der Waals surface area contributed by atoms with E-state index in [2.05, 4.69) is 13.8 Å². The van der Waals surface area contributed by atoms with Gasteiger partial charge in [0.2, 0.25) is 0 Å². The van der Waals surface area contributed by atoms with Crippen LogP contribution in [0.4, 0.5) is 0 Å². The Bertz CT molecular complexity index is 86.9. The van der Waals surface area contributed by atoms with E-state index < -0.39 is 0 Å². The summed E-state index contributed by atoms with van der Waals surface area (Å²) < 4.78 is 5.39. The Labute approximate surface area is 61.3 Å². The quantitative estimate of drug-likeness (QED) is 0.556. The summed E-state index contributed by atoms with van der Waals surface area (Å²) in [6.07, 6.45) is 0.503. The van der Waals surface area contributed by atoms with E-state index in [1.807, 2.05) is 0 Å². The maximum atomic E-state index is 5.44. The first-order valence-corrected chi connectivity index (χ1v) is 3.98. The van der Waals surface area contributed by atoms with E-state index in [0.717, 1.165) is 11.8 Å². The van der Waals surface area contributed by atoms with Crippen LogP contribution in [0, 0.1) is 11.8 Å². The zero-order chi connectivity index (χ0) is 6.85. The van der Waals surface area contributed by atoms with Crippen molar-refractivity contribution >= 4 is 11.6 Å². The first-order valence-electron chi connectivity index (χ1n) is 3.45. The standard InChI is InChI=1S/C7H13ClO/c1-5-6(2)7(5)9-4-3-8/h5-7H,3-4H2,1-2H3. The molecule has 0 N–H and O–H groups in total. The highest BCUT2D eigenvalue weighted by Crippen LogP contribution is 2.40. The number of hydrogen-bond acceptors (Lipinski definition) is 1. The third kappa shape index (κ3) is 1.59. The largest absolute Gasteiger partial charge is 0.376 e. The number of halogens is 1. The lowest BCUT2D eigenvalue weighted by molar-refractivity contribution is 0.117. The van der Waals surface area contributed by atoms with Crippen LogP contribution in [0.25, 0.3) is 0 Å².